The number of carbonyl (C=O) groups excluding carboxylic acids is 1. The standard InChI is InChI=1S/C17H23N3O/c21-17(14-7-8-18-11-14)20-10-9-19(12-13-5-6-13)15-3-1-2-4-16(15)20/h1-4,13-14,18H,5-12H2. The van der Waals surface area contributed by atoms with E-state index in [9.17, 15) is 4.79 Å². The number of hydrogen-bond acceptors (Lipinski definition) is 3. The molecule has 4 rings (SSSR count). The van der Waals surface area contributed by atoms with Gasteiger partial charge in [-0.1, -0.05) is 12.1 Å². The average Bonchev–Trinajstić information content (AvgIpc) is 3.16. The van der Waals surface area contributed by atoms with E-state index >= 15 is 0 Å². The van der Waals surface area contributed by atoms with E-state index in [4.69, 9.17) is 0 Å². The van der Waals surface area contributed by atoms with Gasteiger partial charge in [0.25, 0.3) is 0 Å². The van der Waals surface area contributed by atoms with Gasteiger partial charge in [-0.15, -0.1) is 0 Å². The van der Waals surface area contributed by atoms with Crippen molar-refractivity contribution in [2.75, 3.05) is 42.5 Å². The number of nitrogens with zero attached hydrogens (tertiary/aromatic N) is 2. The third-order valence-corrected chi connectivity index (χ3v) is 4.96. The second-order valence-corrected chi connectivity index (χ2v) is 6.56. The molecule has 4 nitrogen and oxygen atoms in total. The molecule has 1 aliphatic carbocycles. The lowest BCUT2D eigenvalue weighted by Crippen LogP contribution is -2.47. The Balaban J connectivity index is 1.59. The molecule has 4 heteroatoms. The fourth-order valence-corrected chi connectivity index (χ4v) is 3.54. The van der Waals surface area contributed by atoms with E-state index in [0.717, 1.165) is 50.7 Å². The molecule has 1 saturated heterocycles. The number of anilines is 2. The van der Waals surface area contributed by atoms with Gasteiger partial charge in [-0.25, -0.2) is 0 Å². The van der Waals surface area contributed by atoms with Crippen molar-refractivity contribution in [3.63, 3.8) is 0 Å². The number of hydrogen-bond donors (Lipinski definition) is 1. The molecule has 2 aliphatic heterocycles. The highest BCUT2D eigenvalue weighted by atomic mass is 16.2. The van der Waals surface area contributed by atoms with Gasteiger partial charge in [0.15, 0.2) is 0 Å². The highest BCUT2D eigenvalue weighted by Crippen LogP contribution is 2.38. The number of carbonyl (C=O) groups is 1. The maximum atomic E-state index is 12.8. The van der Waals surface area contributed by atoms with Crippen LogP contribution in [0.3, 0.4) is 0 Å². The summed E-state index contributed by atoms with van der Waals surface area (Å²) in [4.78, 5) is 17.3. The highest BCUT2D eigenvalue weighted by Gasteiger charge is 2.34. The second kappa shape index (κ2) is 5.34. The number of fused-ring (bicyclic) bond motifs is 1. The van der Waals surface area contributed by atoms with Crippen molar-refractivity contribution in [1.29, 1.82) is 0 Å². The average molecular weight is 285 g/mol. The molecule has 1 N–H and O–H groups in total. The monoisotopic (exact) mass is 285 g/mol. The van der Waals surface area contributed by atoms with Gasteiger partial charge in [0.05, 0.1) is 17.3 Å². The zero-order chi connectivity index (χ0) is 14.2. The van der Waals surface area contributed by atoms with Crippen LogP contribution >= 0.6 is 0 Å². The Morgan fingerprint density at radius 3 is 2.67 bits per heavy atom. The number of rotatable bonds is 3. The van der Waals surface area contributed by atoms with Gasteiger partial charge in [-0.05, 0) is 43.9 Å². The summed E-state index contributed by atoms with van der Waals surface area (Å²) in [5.74, 6) is 1.34. The Hall–Kier alpha value is -1.55. The maximum Gasteiger partial charge on any atom is 0.231 e. The van der Waals surface area contributed by atoms with Crippen LogP contribution in [0.1, 0.15) is 19.3 Å². The largest absolute Gasteiger partial charge is 0.368 e. The van der Waals surface area contributed by atoms with Crippen LogP contribution in [0.15, 0.2) is 24.3 Å². The maximum absolute atomic E-state index is 12.8. The minimum absolute atomic E-state index is 0.160. The van der Waals surface area contributed by atoms with Crippen LogP contribution in [0, 0.1) is 11.8 Å². The van der Waals surface area contributed by atoms with Crippen molar-refractivity contribution in [2.24, 2.45) is 11.8 Å². The van der Waals surface area contributed by atoms with E-state index in [0.29, 0.717) is 5.91 Å². The number of amides is 1. The van der Waals surface area contributed by atoms with Gasteiger partial charge in [-0.2, -0.15) is 0 Å². The quantitative estimate of drug-likeness (QED) is 0.921. The van der Waals surface area contributed by atoms with Gasteiger partial charge in [0.1, 0.15) is 0 Å². The summed E-state index contributed by atoms with van der Waals surface area (Å²) >= 11 is 0. The first kappa shape index (κ1) is 13.1. The van der Waals surface area contributed by atoms with Crippen LogP contribution in [-0.2, 0) is 4.79 Å². The first-order valence-corrected chi connectivity index (χ1v) is 8.19. The predicted octanol–water partition coefficient (Wildman–Crippen LogP) is 1.86. The molecule has 0 spiro atoms. The number of benzene rings is 1. The van der Waals surface area contributed by atoms with Gasteiger partial charge < -0.3 is 15.1 Å². The third kappa shape index (κ3) is 2.53. The summed E-state index contributed by atoms with van der Waals surface area (Å²) in [6.07, 6.45) is 3.72. The van der Waals surface area contributed by atoms with Crippen LogP contribution in [0.5, 0.6) is 0 Å². The van der Waals surface area contributed by atoms with Crippen LogP contribution < -0.4 is 15.1 Å². The molecule has 1 unspecified atom stereocenters. The molecule has 1 aromatic carbocycles. The molecule has 1 amide bonds. The van der Waals surface area contributed by atoms with Crippen molar-refractivity contribution in [3.8, 4) is 0 Å². The molecule has 0 bridgehead atoms. The van der Waals surface area contributed by atoms with Crippen LogP contribution in [0.2, 0.25) is 0 Å². The lowest BCUT2D eigenvalue weighted by atomic mass is 10.0. The van der Waals surface area contributed by atoms with Crippen molar-refractivity contribution in [3.05, 3.63) is 24.3 Å². The minimum Gasteiger partial charge on any atom is -0.368 e. The molecule has 2 heterocycles. The molecular formula is C17H23N3O. The predicted molar refractivity (Wildman–Crippen MR) is 84.7 cm³/mol. The summed E-state index contributed by atoms with van der Waals surface area (Å²) in [6, 6.07) is 8.41. The molecule has 1 atom stereocenters. The molecule has 0 aromatic heterocycles. The van der Waals surface area contributed by atoms with Crippen LogP contribution in [-0.4, -0.2) is 38.6 Å². The molecule has 1 saturated carbocycles. The Labute approximate surface area is 126 Å². The number of nitrogens with one attached hydrogen (secondary N) is 1. The summed E-state index contributed by atoms with van der Waals surface area (Å²) in [5.41, 5.74) is 2.36. The van der Waals surface area contributed by atoms with E-state index < -0.39 is 0 Å². The fraction of sp³-hybridized carbons (Fsp3) is 0.588. The van der Waals surface area contributed by atoms with Crippen LogP contribution in [0.25, 0.3) is 0 Å². The summed E-state index contributed by atoms with van der Waals surface area (Å²) < 4.78 is 0. The smallest absolute Gasteiger partial charge is 0.231 e. The van der Waals surface area contributed by atoms with Crippen molar-refractivity contribution < 1.29 is 4.79 Å². The summed E-state index contributed by atoms with van der Waals surface area (Å²) in [7, 11) is 0. The number of para-hydroxylation sites is 2. The Morgan fingerprint density at radius 1 is 1.14 bits per heavy atom. The summed E-state index contributed by atoms with van der Waals surface area (Å²) in [6.45, 7) is 4.77. The topological polar surface area (TPSA) is 35.6 Å². The van der Waals surface area contributed by atoms with E-state index in [1.165, 1.54) is 18.5 Å². The first-order valence-electron chi connectivity index (χ1n) is 8.19. The molecule has 1 aromatic rings. The zero-order valence-corrected chi connectivity index (χ0v) is 12.4. The molecule has 3 aliphatic rings. The van der Waals surface area contributed by atoms with Crippen molar-refractivity contribution >= 4 is 17.3 Å². The first-order chi connectivity index (χ1) is 10.3. The fourth-order valence-electron chi connectivity index (χ4n) is 3.54. The van der Waals surface area contributed by atoms with Crippen molar-refractivity contribution in [1.82, 2.24) is 5.32 Å². The molecular weight excluding hydrogens is 262 g/mol. The Morgan fingerprint density at radius 2 is 1.95 bits per heavy atom. The van der Waals surface area contributed by atoms with Gasteiger partial charge in [-0.3, -0.25) is 4.79 Å². The SMILES string of the molecule is O=C(C1CCNC1)N1CCN(CC2CC2)c2ccccc21. The zero-order valence-electron chi connectivity index (χ0n) is 12.4. The van der Waals surface area contributed by atoms with Crippen LogP contribution in [0.4, 0.5) is 11.4 Å². The summed E-state index contributed by atoms with van der Waals surface area (Å²) in [5, 5.41) is 3.30. The van der Waals surface area contributed by atoms with E-state index in [1.807, 2.05) is 11.0 Å². The van der Waals surface area contributed by atoms with Gasteiger partial charge in [0.2, 0.25) is 5.91 Å². The molecule has 0 radical (unpaired) electrons. The Kier molecular flexibility index (Phi) is 3.34. The van der Waals surface area contributed by atoms with E-state index in [2.05, 4.69) is 28.4 Å². The minimum atomic E-state index is 0.160. The van der Waals surface area contributed by atoms with Gasteiger partial charge in [0, 0.05) is 26.2 Å². The lowest BCUT2D eigenvalue weighted by molar-refractivity contribution is -0.121. The second-order valence-electron chi connectivity index (χ2n) is 6.56. The normalized spacial score (nSPS) is 25.0. The van der Waals surface area contributed by atoms with E-state index in [-0.39, 0.29) is 5.92 Å². The molecule has 2 fully saturated rings. The van der Waals surface area contributed by atoms with Crippen molar-refractivity contribution in [2.45, 2.75) is 19.3 Å². The molecule has 112 valence electrons. The molecule has 21 heavy (non-hydrogen) atoms. The van der Waals surface area contributed by atoms with E-state index in [1.54, 1.807) is 0 Å². The Bertz CT molecular complexity index is 535. The third-order valence-electron chi connectivity index (χ3n) is 4.96. The van der Waals surface area contributed by atoms with Gasteiger partial charge >= 0.3 is 0 Å². The highest BCUT2D eigenvalue weighted by molar-refractivity contribution is 5.99. The lowest BCUT2D eigenvalue weighted by Gasteiger charge is -2.38.